The molecule has 1 aliphatic rings. The summed E-state index contributed by atoms with van der Waals surface area (Å²) in [7, 11) is 0. The molecule has 160 valence electrons. The molecule has 3 N–H and O–H groups in total. The summed E-state index contributed by atoms with van der Waals surface area (Å²) in [5, 5.41) is 16.8. The first-order chi connectivity index (χ1) is 15.0. The van der Waals surface area contributed by atoms with Crippen LogP contribution in [-0.2, 0) is 4.79 Å². The number of aromatic nitrogens is 2. The number of carbonyl (C=O) groups excluding carboxylic acids is 2. The lowest BCUT2D eigenvalue weighted by Gasteiger charge is -2.19. The lowest BCUT2D eigenvalue weighted by molar-refractivity contribution is -0.117. The number of nitrogens with zero attached hydrogens (tertiary/aromatic N) is 2. The van der Waals surface area contributed by atoms with Gasteiger partial charge in [0.25, 0.3) is 0 Å². The van der Waals surface area contributed by atoms with Crippen LogP contribution in [0.5, 0.6) is 11.5 Å². The summed E-state index contributed by atoms with van der Waals surface area (Å²) in [5.41, 5.74) is 2.58. The predicted octanol–water partition coefficient (Wildman–Crippen LogP) is 3.80. The van der Waals surface area contributed by atoms with Crippen molar-refractivity contribution in [2.24, 2.45) is 0 Å². The van der Waals surface area contributed by atoms with E-state index < -0.39 is 11.9 Å². The van der Waals surface area contributed by atoms with Crippen molar-refractivity contribution in [3.8, 4) is 11.5 Å². The third-order valence-corrected chi connectivity index (χ3v) is 6.06. The third kappa shape index (κ3) is 5.86. The molecule has 11 heteroatoms. The number of nitrogens with one attached hydrogen (secondary N) is 3. The first-order valence-corrected chi connectivity index (χ1v) is 11.2. The van der Waals surface area contributed by atoms with Crippen LogP contribution in [0.4, 0.5) is 21.3 Å². The maximum Gasteiger partial charge on any atom is 0.325 e. The Balaban J connectivity index is 1.23. The van der Waals surface area contributed by atoms with Crippen LogP contribution in [0.15, 0.2) is 46.8 Å². The molecule has 0 radical (unpaired) electrons. The molecule has 0 spiro atoms. The minimum Gasteiger partial charge on any atom is -0.486 e. The van der Waals surface area contributed by atoms with Crippen molar-refractivity contribution in [2.75, 3.05) is 29.6 Å². The van der Waals surface area contributed by atoms with E-state index in [2.05, 4.69) is 26.1 Å². The van der Waals surface area contributed by atoms with E-state index in [1.54, 1.807) is 18.2 Å². The highest BCUT2D eigenvalue weighted by molar-refractivity contribution is 8.01. The SMILES string of the molecule is Cc1ccc(Nc2nnc(SCC(=O)NC(=O)Nc3ccc4c(c3)OCCO4)s2)cc1. The van der Waals surface area contributed by atoms with Crippen molar-refractivity contribution in [1.82, 2.24) is 15.5 Å². The summed E-state index contributed by atoms with van der Waals surface area (Å²) in [4.78, 5) is 24.2. The fourth-order valence-corrected chi connectivity index (χ4v) is 4.22. The van der Waals surface area contributed by atoms with Crippen LogP contribution in [0, 0.1) is 6.92 Å². The molecule has 0 bridgehead atoms. The zero-order chi connectivity index (χ0) is 21.6. The highest BCUT2D eigenvalue weighted by Crippen LogP contribution is 2.32. The molecule has 31 heavy (non-hydrogen) atoms. The Hall–Kier alpha value is -3.31. The molecule has 0 aliphatic carbocycles. The molecule has 0 atom stereocenters. The number of rotatable bonds is 6. The minimum absolute atomic E-state index is 0.0354. The van der Waals surface area contributed by atoms with Crippen molar-refractivity contribution < 1.29 is 19.1 Å². The average Bonchev–Trinajstić information content (AvgIpc) is 3.21. The van der Waals surface area contributed by atoms with Crippen molar-refractivity contribution >= 4 is 51.5 Å². The number of benzene rings is 2. The fourth-order valence-electron chi connectivity index (χ4n) is 2.65. The minimum atomic E-state index is -0.624. The second-order valence-corrected chi connectivity index (χ2v) is 8.71. The summed E-state index contributed by atoms with van der Waals surface area (Å²) >= 11 is 2.54. The van der Waals surface area contributed by atoms with Gasteiger partial charge in [-0.3, -0.25) is 10.1 Å². The van der Waals surface area contributed by atoms with Crippen molar-refractivity contribution in [3.63, 3.8) is 0 Å². The van der Waals surface area contributed by atoms with Gasteiger partial charge in [-0.2, -0.15) is 0 Å². The average molecular weight is 458 g/mol. The number of aryl methyl sites for hydroxylation is 1. The summed E-state index contributed by atoms with van der Waals surface area (Å²) in [6, 6.07) is 12.3. The van der Waals surface area contributed by atoms with Crippen molar-refractivity contribution in [2.45, 2.75) is 11.3 Å². The number of imide groups is 1. The van der Waals surface area contributed by atoms with Gasteiger partial charge >= 0.3 is 6.03 Å². The second-order valence-electron chi connectivity index (χ2n) is 6.51. The maximum absolute atomic E-state index is 12.1. The topological polar surface area (TPSA) is 114 Å². The second kappa shape index (κ2) is 9.67. The predicted molar refractivity (Wildman–Crippen MR) is 120 cm³/mol. The smallest absolute Gasteiger partial charge is 0.325 e. The molecule has 0 saturated heterocycles. The molecular formula is C20H19N5O4S2. The highest BCUT2D eigenvalue weighted by Gasteiger charge is 2.14. The lowest BCUT2D eigenvalue weighted by Crippen LogP contribution is -2.35. The monoisotopic (exact) mass is 457 g/mol. The zero-order valence-electron chi connectivity index (χ0n) is 16.5. The standard InChI is InChI=1S/C20H19N5O4S2/c1-12-2-4-13(5-3-12)22-19-24-25-20(31-19)30-11-17(26)23-18(27)21-14-6-7-15-16(10-14)29-9-8-28-15/h2-7,10H,8-9,11H2,1H3,(H,22,24)(H2,21,23,26,27). The Kier molecular flexibility index (Phi) is 6.53. The molecule has 3 aromatic rings. The highest BCUT2D eigenvalue weighted by atomic mass is 32.2. The summed E-state index contributed by atoms with van der Waals surface area (Å²) in [6.07, 6.45) is 0. The van der Waals surface area contributed by atoms with Crippen LogP contribution >= 0.6 is 23.1 Å². The van der Waals surface area contributed by atoms with E-state index in [1.165, 1.54) is 28.7 Å². The van der Waals surface area contributed by atoms with Crippen molar-refractivity contribution in [3.05, 3.63) is 48.0 Å². The molecule has 0 fully saturated rings. The largest absolute Gasteiger partial charge is 0.486 e. The van der Waals surface area contributed by atoms with Gasteiger partial charge in [0.15, 0.2) is 15.8 Å². The van der Waals surface area contributed by atoms with E-state index in [4.69, 9.17) is 9.47 Å². The quantitative estimate of drug-likeness (QED) is 0.479. The molecular weight excluding hydrogens is 438 g/mol. The molecule has 2 heterocycles. The Labute approximate surface area is 186 Å². The van der Waals surface area contributed by atoms with E-state index in [1.807, 2.05) is 31.2 Å². The van der Waals surface area contributed by atoms with Crippen LogP contribution in [-0.4, -0.2) is 41.1 Å². The lowest BCUT2D eigenvalue weighted by atomic mass is 10.2. The van der Waals surface area contributed by atoms with Gasteiger partial charge in [-0.05, 0) is 31.2 Å². The first kappa shape index (κ1) is 20.9. The van der Waals surface area contributed by atoms with Crippen LogP contribution in [0.2, 0.25) is 0 Å². The molecule has 0 unspecified atom stereocenters. The molecule has 2 aromatic carbocycles. The number of urea groups is 1. The number of anilines is 3. The van der Waals surface area contributed by atoms with Gasteiger partial charge in [0, 0.05) is 17.4 Å². The normalized spacial score (nSPS) is 12.2. The zero-order valence-corrected chi connectivity index (χ0v) is 18.1. The molecule has 1 aliphatic heterocycles. The molecule has 9 nitrogen and oxygen atoms in total. The number of hydrogen-bond donors (Lipinski definition) is 3. The van der Waals surface area contributed by atoms with Crippen molar-refractivity contribution in [1.29, 1.82) is 0 Å². The summed E-state index contributed by atoms with van der Waals surface area (Å²) in [5.74, 6) is 0.770. The van der Waals surface area contributed by atoms with E-state index in [9.17, 15) is 9.59 Å². The van der Waals surface area contributed by atoms with Crippen LogP contribution < -0.4 is 25.4 Å². The number of thioether (sulfide) groups is 1. The van der Waals surface area contributed by atoms with Gasteiger partial charge in [-0.15, -0.1) is 10.2 Å². The van der Waals surface area contributed by atoms with Gasteiger partial charge in [0.1, 0.15) is 13.2 Å². The number of fused-ring (bicyclic) bond motifs is 1. The maximum atomic E-state index is 12.1. The Morgan fingerprint density at radius 3 is 2.58 bits per heavy atom. The van der Waals surface area contributed by atoms with E-state index in [0.717, 1.165) is 5.69 Å². The van der Waals surface area contributed by atoms with Crippen LogP contribution in [0.3, 0.4) is 0 Å². The molecule has 4 rings (SSSR count). The Morgan fingerprint density at radius 1 is 1.03 bits per heavy atom. The molecule has 1 aromatic heterocycles. The number of ether oxygens (including phenoxy) is 2. The Bertz CT molecular complexity index is 1090. The number of hydrogen-bond acceptors (Lipinski definition) is 9. The number of amides is 3. The summed E-state index contributed by atoms with van der Waals surface area (Å²) in [6.45, 7) is 2.96. The molecule has 0 saturated carbocycles. The Morgan fingerprint density at radius 2 is 1.77 bits per heavy atom. The van der Waals surface area contributed by atoms with Gasteiger partial charge in [-0.25, -0.2) is 4.79 Å². The first-order valence-electron chi connectivity index (χ1n) is 9.36. The summed E-state index contributed by atoms with van der Waals surface area (Å²) < 4.78 is 11.5. The van der Waals surface area contributed by atoms with E-state index >= 15 is 0 Å². The van der Waals surface area contributed by atoms with Crippen LogP contribution in [0.1, 0.15) is 5.56 Å². The van der Waals surface area contributed by atoms with Gasteiger partial charge < -0.3 is 20.1 Å². The fraction of sp³-hybridized carbons (Fsp3) is 0.200. The van der Waals surface area contributed by atoms with Gasteiger partial charge in [0.05, 0.1) is 5.75 Å². The third-order valence-electron chi connectivity index (χ3n) is 4.09. The van der Waals surface area contributed by atoms with Gasteiger partial charge in [0.2, 0.25) is 11.0 Å². The van der Waals surface area contributed by atoms with E-state index in [0.29, 0.717) is 39.9 Å². The molecule has 3 amide bonds. The van der Waals surface area contributed by atoms with Crippen LogP contribution in [0.25, 0.3) is 0 Å². The van der Waals surface area contributed by atoms with E-state index in [-0.39, 0.29) is 5.75 Å². The van der Waals surface area contributed by atoms with Gasteiger partial charge in [-0.1, -0.05) is 40.8 Å². The number of carbonyl (C=O) groups is 2.